The molecule has 1 N–H and O–H groups in total. The molecular formula is C18H13Cl3F2N4O2. The van der Waals surface area contributed by atoms with Crippen LogP contribution >= 0.6 is 34.8 Å². The van der Waals surface area contributed by atoms with E-state index in [1.165, 1.54) is 43.4 Å². The number of hydrogen-bond acceptors (Lipinski definition) is 4. The van der Waals surface area contributed by atoms with Crippen LogP contribution in [0.5, 0.6) is 0 Å². The first-order valence-electron chi connectivity index (χ1n) is 8.13. The molecule has 11 heteroatoms. The molecule has 29 heavy (non-hydrogen) atoms. The molecule has 3 amide bonds. The Labute approximate surface area is 179 Å². The van der Waals surface area contributed by atoms with Gasteiger partial charge in [-0.25, -0.2) is 23.5 Å². The summed E-state index contributed by atoms with van der Waals surface area (Å²) in [6.07, 6.45) is -1.40. The van der Waals surface area contributed by atoms with Crippen LogP contribution in [-0.2, 0) is 4.79 Å². The van der Waals surface area contributed by atoms with E-state index in [-0.39, 0.29) is 11.4 Å². The normalized spacial score (nSPS) is 17.2. The zero-order chi connectivity index (χ0) is 21.3. The van der Waals surface area contributed by atoms with Crippen LogP contribution in [0.25, 0.3) is 0 Å². The molecule has 1 atom stereocenters. The summed E-state index contributed by atoms with van der Waals surface area (Å²) in [7, 11) is 1.21. The van der Waals surface area contributed by atoms with Crippen molar-refractivity contribution in [2.75, 3.05) is 17.3 Å². The summed E-state index contributed by atoms with van der Waals surface area (Å²) in [4.78, 5) is 30.7. The lowest BCUT2D eigenvalue weighted by molar-refractivity contribution is -0.119. The molecule has 1 aliphatic rings. The molecular weight excluding hydrogens is 449 g/mol. The molecule has 152 valence electrons. The Kier molecular flexibility index (Phi) is 5.97. The van der Waals surface area contributed by atoms with Crippen molar-refractivity contribution >= 4 is 64.0 Å². The number of halogens is 5. The van der Waals surface area contributed by atoms with Crippen molar-refractivity contribution in [3.05, 3.63) is 60.2 Å². The van der Waals surface area contributed by atoms with Crippen LogP contribution in [0.2, 0.25) is 0 Å². The first-order chi connectivity index (χ1) is 13.6. The molecule has 0 spiro atoms. The Morgan fingerprint density at radius 2 is 1.76 bits per heavy atom. The number of amides is 3. The molecule has 1 fully saturated rings. The predicted octanol–water partition coefficient (Wildman–Crippen LogP) is 4.57. The van der Waals surface area contributed by atoms with Gasteiger partial charge < -0.3 is 5.32 Å². The van der Waals surface area contributed by atoms with Gasteiger partial charge in [0.05, 0.1) is 5.69 Å². The van der Waals surface area contributed by atoms with Gasteiger partial charge in [-0.1, -0.05) is 53.0 Å². The summed E-state index contributed by atoms with van der Waals surface area (Å²) in [5, 5.41) is 2.70. The van der Waals surface area contributed by atoms with E-state index >= 15 is 0 Å². The smallest absolute Gasteiger partial charge is 0.337 e. The van der Waals surface area contributed by atoms with Crippen molar-refractivity contribution in [1.82, 2.24) is 4.90 Å². The summed E-state index contributed by atoms with van der Waals surface area (Å²) in [5.74, 6) is -2.58. The molecule has 1 heterocycles. The second-order valence-corrected chi connectivity index (χ2v) is 8.35. The van der Waals surface area contributed by atoms with Gasteiger partial charge in [-0.3, -0.25) is 9.69 Å². The van der Waals surface area contributed by atoms with Crippen LogP contribution in [0.4, 0.5) is 25.0 Å². The molecule has 0 aliphatic carbocycles. The number of benzene rings is 2. The van der Waals surface area contributed by atoms with Crippen molar-refractivity contribution in [3.63, 3.8) is 0 Å². The number of para-hydroxylation sites is 1. The summed E-state index contributed by atoms with van der Waals surface area (Å²) < 4.78 is 25.7. The third-order valence-electron chi connectivity index (χ3n) is 3.97. The van der Waals surface area contributed by atoms with Crippen LogP contribution in [0.1, 0.15) is 0 Å². The maximum Gasteiger partial charge on any atom is 0.337 e. The number of imide groups is 1. The lowest BCUT2D eigenvalue weighted by Gasteiger charge is -2.24. The Bertz CT molecular complexity index is 997. The van der Waals surface area contributed by atoms with Gasteiger partial charge in [0.2, 0.25) is 9.63 Å². The maximum absolute atomic E-state index is 14.3. The van der Waals surface area contributed by atoms with Crippen LogP contribution in [0.3, 0.4) is 0 Å². The number of hydrogen-bond donors (Lipinski definition) is 1. The molecule has 0 aromatic heterocycles. The first kappa shape index (κ1) is 21.3. The second-order valence-electron chi connectivity index (χ2n) is 5.99. The van der Waals surface area contributed by atoms with E-state index in [4.69, 9.17) is 34.8 Å². The average Bonchev–Trinajstić information content (AvgIpc) is 2.85. The van der Waals surface area contributed by atoms with Gasteiger partial charge in [0.25, 0.3) is 5.91 Å². The van der Waals surface area contributed by atoms with Crippen LogP contribution < -0.4 is 10.2 Å². The Morgan fingerprint density at radius 1 is 1.07 bits per heavy atom. The van der Waals surface area contributed by atoms with Gasteiger partial charge in [-0.2, -0.15) is 0 Å². The minimum absolute atomic E-state index is 0.192. The second kappa shape index (κ2) is 8.14. The molecule has 1 unspecified atom stereocenters. The fourth-order valence-electron chi connectivity index (χ4n) is 2.58. The maximum atomic E-state index is 14.3. The lowest BCUT2D eigenvalue weighted by atomic mass is 10.2. The van der Waals surface area contributed by atoms with E-state index in [1.54, 1.807) is 0 Å². The topological polar surface area (TPSA) is 65.0 Å². The van der Waals surface area contributed by atoms with Crippen molar-refractivity contribution in [2.45, 2.75) is 9.96 Å². The van der Waals surface area contributed by atoms with E-state index < -0.39 is 39.4 Å². The van der Waals surface area contributed by atoms with Crippen molar-refractivity contribution < 1.29 is 18.4 Å². The number of anilines is 2. The molecule has 1 saturated heterocycles. The Hall–Kier alpha value is -2.42. The molecule has 0 bridgehead atoms. The zero-order valence-electron chi connectivity index (χ0n) is 14.7. The zero-order valence-corrected chi connectivity index (χ0v) is 17.0. The number of carbonyl (C=O) groups excluding carboxylic acids is 2. The first-order valence-corrected chi connectivity index (χ1v) is 9.26. The SMILES string of the molecule is CN1C(=O)C(=NC(Nc2cccc(F)c2)C(Cl)(Cl)Cl)N(c2ccccc2F)C1=O. The number of carbonyl (C=O) groups is 2. The van der Waals surface area contributed by atoms with Gasteiger partial charge >= 0.3 is 6.03 Å². The van der Waals surface area contributed by atoms with E-state index in [1.807, 2.05) is 0 Å². The van der Waals surface area contributed by atoms with Crippen LogP contribution in [-0.4, -0.2) is 39.7 Å². The van der Waals surface area contributed by atoms with Gasteiger partial charge in [-0.15, -0.1) is 0 Å². The van der Waals surface area contributed by atoms with E-state index in [0.717, 1.165) is 21.9 Å². The Morgan fingerprint density at radius 3 is 2.38 bits per heavy atom. The summed E-state index contributed by atoms with van der Waals surface area (Å²) in [6.45, 7) is 0. The van der Waals surface area contributed by atoms with Crippen molar-refractivity contribution in [1.29, 1.82) is 0 Å². The third-order valence-corrected chi connectivity index (χ3v) is 4.59. The lowest BCUT2D eigenvalue weighted by Crippen LogP contribution is -2.38. The van der Waals surface area contributed by atoms with E-state index in [2.05, 4.69) is 10.3 Å². The minimum atomic E-state index is -2.09. The van der Waals surface area contributed by atoms with Gasteiger partial charge in [0, 0.05) is 12.7 Å². The third kappa shape index (κ3) is 4.44. The van der Waals surface area contributed by atoms with Crippen molar-refractivity contribution in [3.8, 4) is 0 Å². The van der Waals surface area contributed by atoms with Gasteiger partial charge in [0.1, 0.15) is 11.6 Å². The average molecular weight is 462 g/mol. The number of urea groups is 1. The summed E-state index contributed by atoms with van der Waals surface area (Å²) in [6, 6.07) is 9.79. The summed E-state index contributed by atoms with van der Waals surface area (Å²) >= 11 is 17.9. The number of alkyl halides is 3. The highest BCUT2D eigenvalue weighted by atomic mass is 35.6. The molecule has 2 aromatic carbocycles. The number of amidine groups is 1. The van der Waals surface area contributed by atoms with Crippen LogP contribution in [0, 0.1) is 11.6 Å². The van der Waals surface area contributed by atoms with Crippen LogP contribution in [0.15, 0.2) is 53.5 Å². The highest BCUT2D eigenvalue weighted by Crippen LogP contribution is 2.34. The molecule has 2 aromatic rings. The van der Waals surface area contributed by atoms with Gasteiger partial charge in [-0.05, 0) is 30.3 Å². The molecule has 3 rings (SSSR count). The summed E-state index contributed by atoms with van der Waals surface area (Å²) in [5.41, 5.74) is 0.0241. The Balaban J connectivity index is 2.07. The van der Waals surface area contributed by atoms with E-state index in [0.29, 0.717) is 0 Å². The number of nitrogens with zero attached hydrogens (tertiary/aromatic N) is 3. The number of likely N-dealkylation sites (N-methyl/N-ethyl adjacent to an activating group) is 1. The monoisotopic (exact) mass is 460 g/mol. The van der Waals surface area contributed by atoms with E-state index in [9.17, 15) is 18.4 Å². The molecule has 0 saturated carbocycles. The highest BCUT2D eigenvalue weighted by Gasteiger charge is 2.44. The largest absolute Gasteiger partial charge is 0.360 e. The fourth-order valence-corrected chi connectivity index (χ4v) is 2.89. The number of nitrogens with one attached hydrogen (secondary N) is 1. The molecule has 6 nitrogen and oxygen atoms in total. The quantitative estimate of drug-likeness (QED) is 0.536. The van der Waals surface area contributed by atoms with Gasteiger partial charge in [0.15, 0.2) is 6.17 Å². The molecule has 0 radical (unpaired) electrons. The highest BCUT2D eigenvalue weighted by molar-refractivity contribution is 6.68. The fraction of sp³-hybridized carbons (Fsp3) is 0.167. The van der Waals surface area contributed by atoms with Crippen molar-refractivity contribution in [2.24, 2.45) is 4.99 Å². The number of rotatable bonds is 4. The number of aliphatic imine (C=N–C) groups is 1. The predicted molar refractivity (Wildman–Crippen MR) is 109 cm³/mol. The molecule has 1 aliphatic heterocycles. The minimum Gasteiger partial charge on any atom is -0.360 e. The standard InChI is InChI=1S/C18H13Cl3F2N4O2/c1-26-15(28)14(27(17(26)29)13-8-3-2-7-12(13)23)25-16(18(19,20)21)24-11-6-4-5-10(22)9-11/h2-9,16,24H,1H3.